The molecule has 0 aliphatic rings. The second kappa shape index (κ2) is 5.31. The topological polar surface area (TPSA) is 48.0 Å². The van der Waals surface area contributed by atoms with Crippen molar-refractivity contribution in [2.24, 2.45) is 5.73 Å². The number of aromatic nitrogens is 1. The molecule has 2 rings (SSSR count). The van der Waals surface area contributed by atoms with Crippen LogP contribution in [0.15, 0.2) is 28.4 Å². The van der Waals surface area contributed by atoms with Crippen LogP contribution < -0.4 is 11.3 Å². The van der Waals surface area contributed by atoms with Crippen LogP contribution in [-0.4, -0.2) is 4.57 Å². The zero-order chi connectivity index (χ0) is 14.2. The number of hydrogen-bond acceptors (Lipinski definition) is 3. The van der Waals surface area contributed by atoms with E-state index in [2.05, 4.69) is 0 Å². The zero-order valence-corrected chi connectivity index (χ0v) is 12.6. The highest BCUT2D eigenvalue weighted by molar-refractivity contribution is 7.10. The molecule has 0 spiro atoms. The molecule has 2 N–H and O–H groups in total. The lowest BCUT2D eigenvalue weighted by Gasteiger charge is -2.20. The minimum atomic E-state index is -0.335. The third-order valence-corrected chi connectivity index (χ3v) is 4.31. The van der Waals surface area contributed by atoms with Crippen molar-refractivity contribution in [3.63, 3.8) is 0 Å². The molecular weight excluding hydrogens is 256 g/mol. The molecule has 0 saturated heterocycles. The monoisotopic (exact) mass is 276 g/mol. The highest BCUT2D eigenvalue weighted by Crippen LogP contribution is 2.24. The van der Waals surface area contributed by atoms with Gasteiger partial charge in [-0.2, -0.15) is 0 Å². The predicted octanol–water partition coefficient (Wildman–Crippen LogP) is 3.16. The molecule has 102 valence electrons. The fraction of sp³-hybridized carbons (Fsp3) is 0.400. The Labute approximate surface area is 117 Å². The molecule has 2 heterocycles. The minimum Gasteiger partial charge on any atom is -0.319 e. The van der Waals surface area contributed by atoms with E-state index in [1.807, 2.05) is 55.8 Å². The lowest BCUT2D eigenvalue weighted by molar-refractivity contribution is 0.553. The van der Waals surface area contributed by atoms with Gasteiger partial charge in [-0.3, -0.25) is 4.79 Å². The molecule has 0 aliphatic carbocycles. The summed E-state index contributed by atoms with van der Waals surface area (Å²) in [4.78, 5) is 13.7. The quantitative estimate of drug-likeness (QED) is 0.936. The Bertz CT molecular complexity index is 626. The van der Waals surface area contributed by atoms with Gasteiger partial charge < -0.3 is 10.3 Å². The number of rotatable bonds is 3. The van der Waals surface area contributed by atoms with Gasteiger partial charge in [0, 0.05) is 22.2 Å². The van der Waals surface area contributed by atoms with Crippen LogP contribution in [0.2, 0.25) is 0 Å². The van der Waals surface area contributed by atoms with E-state index in [0.29, 0.717) is 5.56 Å². The maximum absolute atomic E-state index is 12.7. The standard InChI is InChI=1S/C15H20N2OS/c1-9(2)17-11(4)8-10(3)13(15(17)18)14(16)12-6-5-7-19-12/h5-9,14H,16H2,1-4H3. The van der Waals surface area contributed by atoms with Crippen molar-refractivity contribution in [2.75, 3.05) is 0 Å². The highest BCUT2D eigenvalue weighted by atomic mass is 32.1. The molecule has 0 bridgehead atoms. The summed E-state index contributed by atoms with van der Waals surface area (Å²) in [5, 5.41) is 1.99. The molecule has 19 heavy (non-hydrogen) atoms. The van der Waals surface area contributed by atoms with Gasteiger partial charge in [-0.1, -0.05) is 6.07 Å². The molecule has 0 aliphatic heterocycles. The number of thiophene rings is 1. The van der Waals surface area contributed by atoms with Crippen molar-refractivity contribution in [1.82, 2.24) is 4.57 Å². The molecule has 0 fully saturated rings. The van der Waals surface area contributed by atoms with E-state index < -0.39 is 0 Å². The Morgan fingerprint density at radius 2 is 2.00 bits per heavy atom. The van der Waals surface area contributed by atoms with Crippen molar-refractivity contribution in [3.05, 3.63) is 55.6 Å². The Morgan fingerprint density at radius 1 is 1.32 bits per heavy atom. The van der Waals surface area contributed by atoms with E-state index in [1.54, 1.807) is 11.3 Å². The van der Waals surface area contributed by atoms with Crippen molar-refractivity contribution >= 4 is 11.3 Å². The molecule has 4 heteroatoms. The fourth-order valence-electron chi connectivity index (χ4n) is 2.55. The summed E-state index contributed by atoms with van der Waals surface area (Å²) in [6.07, 6.45) is 0. The SMILES string of the molecule is Cc1cc(C)n(C(C)C)c(=O)c1C(N)c1cccs1. The van der Waals surface area contributed by atoms with Gasteiger partial charge in [-0.05, 0) is 50.8 Å². The van der Waals surface area contributed by atoms with Gasteiger partial charge in [-0.15, -0.1) is 11.3 Å². The average Bonchev–Trinajstić information content (AvgIpc) is 2.80. The van der Waals surface area contributed by atoms with Crippen LogP contribution >= 0.6 is 11.3 Å². The fourth-order valence-corrected chi connectivity index (χ4v) is 3.29. The summed E-state index contributed by atoms with van der Waals surface area (Å²) >= 11 is 1.59. The van der Waals surface area contributed by atoms with Gasteiger partial charge in [-0.25, -0.2) is 0 Å². The van der Waals surface area contributed by atoms with Crippen molar-refractivity contribution in [2.45, 2.75) is 39.8 Å². The van der Waals surface area contributed by atoms with Crippen molar-refractivity contribution < 1.29 is 0 Å². The van der Waals surface area contributed by atoms with Crippen LogP contribution in [-0.2, 0) is 0 Å². The number of aryl methyl sites for hydroxylation is 2. The van der Waals surface area contributed by atoms with Gasteiger partial charge in [0.15, 0.2) is 0 Å². The Hall–Kier alpha value is -1.39. The average molecular weight is 276 g/mol. The lowest BCUT2D eigenvalue weighted by Crippen LogP contribution is -2.32. The largest absolute Gasteiger partial charge is 0.319 e. The van der Waals surface area contributed by atoms with E-state index in [9.17, 15) is 4.79 Å². The second-order valence-electron chi connectivity index (χ2n) is 5.14. The third-order valence-electron chi connectivity index (χ3n) is 3.36. The number of pyridine rings is 1. The summed E-state index contributed by atoms with van der Waals surface area (Å²) in [5.41, 5.74) is 8.98. The first-order valence-electron chi connectivity index (χ1n) is 6.45. The summed E-state index contributed by atoms with van der Waals surface area (Å²) in [7, 11) is 0. The number of hydrogen-bond donors (Lipinski definition) is 1. The zero-order valence-electron chi connectivity index (χ0n) is 11.8. The second-order valence-corrected chi connectivity index (χ2v) is 6.12. The summed E-state index contributed by atoms with van der Waals surface area (Å²) in [6, 6.07) is 5.79. The molecule has 0 saturated carbocycles. The molecule has 2 aromatic rings. The molecule has 1 unspecified atom stereocenters. The summed E-state index contributed by atoms with van der Waals surface area (Å²) < 4.78 is 1.82. The predicted molar refractivity (Wildman–Crippen MR) is 80.9 cm³/mol. The summed E-state index contributed by atoms with van der Waals surface area (Å²) in [5.74, 6) is 0. The van der Waals surface area contributed by atoms with Crippen LogP contribution in [0.5, 0.6) is 0 Å². The lowest BCUT2D eigenvalue weighted by atomic mass is 10.0. The molecular formula is C15H20N2OS. The Morgan fingerprint density at radius 3 is 2.53 bits per heavy atom. The third kappa shape index (κ3) is 2.51. The van der Waals surface area contributed by atoms with Crippen LogP contribution in [0.1, 0.15) is 47.6 Å². The van der Waals surface area contributed by atoms with Gasteiger partial charge in [0.2, 0.25) is 0 Å². The van der Waals surface area contributed by atoms with Gasteiger partial charge in [0.1, 0.15) is 0 Å². The van der Waals surface area contributed by atoms with Crippen LogP contribution in [0.3, 0.4) is 0 Å². The molecule has 1 atom stereocenters. The maximum Gasteiger partial charge on any atom is 0.256 e. The number of nitrogens with zero attached hydrogens (tertiary/aromatic N) is 1. The van der Waals surface area contributed by atoms with Crippen molar-refractivity contribution in [1.29, 1.82) is 0 Å². The maximum atomic E-state index is 12.7. The summed E-state index contributed by atoms with van der Waals surface area (Å²) in [6.45, 7) is 7.96. The van der Waals surface area contributed by atoms with Crippen molar-refractivity contribution in [3.8, 4) is 0 Å². The highest BCUT2D eigenvalue weighted by Gasteiger charge is 2.19. The molecule has 0 radical (unpaired) electrons. The van der Waals surface area contributed by atoms with Gasteiger partial charge in [0.05, 0.1) is 6.04 Å². The first-order chi connectivity index (χ1) is 8.93. The van der Waals surface area contributed by atoms with Gasteiger partial charge in [0.25, 0.3) is 5.56 Å². The van der Waals surface area contributed by atoms with Gasteiger partial charge >= 0.3 is 0 Å². The Kier molecular flexibility index (Phi) is 3.92. The van der Waals surface area contributed by atoms with Crippen LogP contribution in [0.25, 0.3) is 0 Å². The molecule has 0 amide bonds. The van der Waals surface area contributed by atoms with E-state index in [0.717, 1.165) is 16.1 Å². The van der Waals surface area contributed by atoms with Crippen LogP contribution in [0, 0.1) is 13.8 Å². The molecule has 0 aromatic carbocycles. The minimum absolute atomic E-state index is 0.0356. The van der Waals surface area contributed by atoms with E-state index in [1.165, 1.54) is 0 Å². The van der Waals surface area contributed by atoms with E-state index >= 15 is 0 Å². The first-order valence-corrected chi connectivity index (χ1v) is 7.33. The molecule has 3 nitrogen and oxygen atoms in total. The number of nitrogens with two attached hydrogens (primary N) is 1. The van der Waals surface area contributed by atoms with E-state index in [-0.39, 0.29) is 17.6 Å². The molecule has 2 aromatic heterocycles. The van der Waals surface area contributed by atoms with E-state index in [4.69, 9.17) is 5.73 Å². The first kappa shape index (κ1) is 14.0. The van der Waals surface area contributed by atoms with Crippen LogP contribution in [0.4, 0.5) is 0 Å². The smallest absolute Gasteiger partial charge is 0.256 e. The Balaban J connectivity index is 2.64. The normalized spacial score (nSPS) is 12.9.